The fraction of sp³-hybridized carbons (Fsp3) is 0.0769. The summed E-state index contributed by atoms with van der Waals surface area (Å²) < 4.78 is 53.6. The standard InChI is InChI=1S/C13H11F2NO3S/c1-8-6-9(3-5-13(8)20(16,17)18)19-10-2-4-11(14)12(15)7-10/h2-7H,1H3,(H2,16,17,18). The van der Waals surface area contributed by atoms with Crippen molar-refractivity contribution < 1.29 is 21.9 Å². The third-order valence-corrected chi connectivity index (χ3v) is 3.65. The van der Waals surface area contributed by atoms with Gasteiger partial charge in [-0.25, -0.2) is 22.3 Å². The average molecular weight is 299 g/mol. The molecule has 0 heterocycles. The normalized spacial score (nSPS) is 11.4. The highest BCUT2D eigenvalue weighted by atomic mass is 32.2. The number of sulfonamides is 1. The number of benzene rings is 2. The van der Waals surface area contributed by atoms with Crippen molar-refractivity contribution in [2.45, 2.75) is 11.8 Å². The van der Waals surface area contributed by atoms with Gasteiger partial charge in [-0.1, -0.05) is 0 Å². The fourth-order valence-corrected chi connectivity index (χ4v) is 2.45. The van der Waals surface area contributed by atoms with E-state index in [9.17, 15) is 17.2 Å². The molecule has 0 atom stereocenters. The smallest absolute Gasteiger partial charge is 0.238 e. The minimum absolute atomic E-state index is 0.0184. The summed E-state index contributed by atoms with van der Waals surface area (Å²) in [6.45, 7) is 1.55. The molecule has 2 rings (SSSR count). The summed E-state index contributed by atoms with van der Waals surface area (Å²) in [7, 11) is -3.80. The van der Waals surface area contributed by atoms with Gasteiger partial charge in [0.25, 0.3) is 0 Å². The molecule has 7 heteroatoms. The van der Waals surface area contributed by atoms with E-state index in [1.165, 1.54) is 24.3 Å². The van der Waals surface area contributed by atoms with Gasteiger partial charge >= 0.3 is 0 Å². The van der Waals surface area contributed by atoms with Crippen LogP contribution in [0.25, 0.3) is 0 Å². The second kappa shape index (κ2) is 5.18. The van der Waals surface area contributed by atoms with E-state index < -0.39 is 21.7 Å². The molecule has 0 aliphatic heterocycles. The Kier molecular flexibility index (Phi) is 3.74. The SMILES string of the molecule is Cc1cc(Oc2ccc(F)c(F)c2)ccc1S(N)(=O)=O. The van der Waals surface area contributed by atoms with E-state index in [0.29, 0.717) is 11.3 Å². The number of aryl methyl sites for hydroxylation is 1. The summed E-state index contributed by atoms with van der Waals surface area (Å²) in [5.74, 6) is -1.61. The van der Waals surface area contributed by atoms with Crippen molar-refractivity contribution in [1.82, 2.24) is 0 Å². The third kappa shape index (κ3) is 3.12. The molecule has 2 N–H and O–H groups in total. The predicted molar refractivity (Wildman–Crippen MR) is 69.0 cm³/mol. The number of nitrogens with two attached hydrogens (primary N) is 1. The van der Waals surface area contributed by atoms with Crippen LogP contribution in [0.5, 0.6) is 11.5 Å². The largest absolute Gasteiger partial charge is 0.457 e. The quantitative estimate of drug-likeness (QED) is 0.947. The second-order valence-electron chi connectivity index (χ2n) is 4.15. The zero-order valence-corrected chi connectivity index (χ0v) is 11.2. The number of halogens is 2. The van der Waals surface area contributed by atoms with Gasteiger partial charge in [-0.05, 0) is 42.8 Å². The molecule has 0 aromatic heterocycles. The monoisotopic (exact) mass is 299 g/mol. The van der Waals surface area contributed by atoms with Crippen molar-refractivity contribution in [3.63, 3.8) is 0 Å². The Hall–Kier alpha value is -1.99. The Balaban J connectivity index is 2.31. The summed E-state index contributed by atoms with van der Waals surface area (Å²) in [4.78, 5) is -0.0184. The first-order valence-electron chi connectivity index (χ1n) is 5.54. The zero-order valence-electron chi connectivity index (χ0n) is 10.4. The molecule has 0 amide bonds. The van der Waals surface area contributed by atoms with Crippen LogP contribution in [-0.2, 0) is 10.0 Å². The van der Waals surface area contributed by atoms with Gasteiger partial charge in [0.05, 0.1) is 4.90 Å². The molecule has 4 nitrogen and oxygen atoms in total. The first-order valence-corrected chi connectivity index (χ1v) is 7.08. The van der Waals surface area contributed by atoms with Gasteiger partial charge in [0.1, 0.15) is 11.5 Å². The molecule has 0 radical (unpaired) electrons. The summed E-state index contributed by atoms with van der Waals surface area (Å²) in [5, 5.41) is 5.04. The molecule has 0 fully saturated rings. The van der Waals surface area contributed by atoms with Crippen molar-refractivity contribution in [3.05, 3.63) is 53.6 Å². The highest BCUT2D eigenvalue weighted by molar-refractivity contribution is 7.89. The maximum atomic E-state index is 13.0. The lowest BCUT2D eigenvalue weighted by atomic mass is 10.2. The topological polar surface area (TPSA) is 69.4 Å². The number of rotatable bonds is 3. The Morgan fingerprint density at radius 2 is 1.60 bits per heavy atom. The summed E-state index contributed by atoms with van der Waals surface area (Å²) in [6, 6.07) is 7.23. The van der Waals surface area contributed by atoms with Crippen molar-refractivity contribution >= 4 is 10.0 Å². The molecule has 20 heavy (non-hydrogen) atoms. The molecular formula is C13H11F2NO3S. The molecule has 106 valence electrons. The van der Waals surface area contributed by atoms with Crippen LogP contribution in [0.1, 0.15) is 5.56 Å². The third-order valence-electron chi connectivity index (χ3n) is 2.58. The number of primary sulfonamides is 1. The lowest BCUT2D eigenvalue weighted by Gasteiger charge is -2.09. The van der Waals surface area contributed by atoms with Gasteiger partial charge in [0, 0.05) is 6.07 Å². The van der Waals surface area contributed by atoms with E-state index in [1.807, 2.05) is 0 Å². The molecule has 0 saturated heterocycles. The Morgan fingerprint density at radius 3 is 2.15 bits per heavy atom. The lowest BCUT2D eigenvalue weighted by molar-refractivity contribution is 0.461. The predicted octanol–water partition coefficient (Wildman–Crippen LogP) is 2.71. The van der Waals surface area contributed by atoms with E-state index in [0.717, 1.165) is 12.1 Å². The lowest BCUT2D eigenvalue weighted by Crippen LogP contribution is -2.13. The number of ether oxygens (including phenoxy) is 1. The van der Waals surface area contributed by atoms with E-state index in [1.54, 1.807) is 6.92 Å². The molecule has 2 aromatic carbocycles. The van der Waals surface area contributed by atoms with Crippen molar-refractivity contribution in [3.8, 4) is 11.5 Å². The van der Waals surface area contributed by atoms with Crippen LogP contribution in [0.15, 0.2) is 41.3 Å². The van der Waals surface area contributed by atoms with Gasteiger partial charge < -0.3 is 4.74 Å². The van der Waals surface area contributed by atoms with Gasteiger partial charge in [0.15, 0.2) is 11.6 Å². The van der Waals surface area contributed by atoms with Gasteiger partial charge in [-0.3, -0.25) is 0 Å². The molecule has 0 aliphatic carbocycles. The summed E-state index contributed by atoms with van der Waals surface area (Å²) >= 11 is 0. The molecule has 2 aromatic rings. The molecule has 0 bridgehead atoms. The van der Waals surface area contributed by atoms with Crippen molar-refractivity contribution in [1.29, 1.82) is 0 Å². The average Bonchev–Trinajstić information content (AvgIpc) is 2.32. The molecular weight excluding hydrogens is 288 g/mol. The summed E-state index contributed by atoms with van der Waals surface area (Å²) in [5.41, 5.74) is 0.396. The summed E-state index contributed by atoms with van der Waals surface area (Å²) in [6.07, 6.45) is 0. The van der Waals surface area contributed by atoms with Crippen LogP contribution in [0, 0.1) is 18.6 Å². The second-order valence-corrected chi connectivity index (χ2v) is 5.68. The van der Waals surface area contributed by atoms with Crippen LogP contribution in [0.4, 0.5) is 8.78 Å². The number of hydrogen-bond acceptors (Lipinski definition) is 3. The minimum Gasteiger partial charge on any atom is -0.457 e. The van der Waals surface area contributed by atoms with E-state index in [-0.39, 0.29) is 10.6 Å². The fourth-order valence-electron chi connectivity index (χ4n) is 1.68. The van der Waals surface area contributed by atoms with Crippen molar-refractivity contribution in [2.24, 2.45) is 5.14 Å². The van der Waals surface area contributed by atoms with Gasteiger partial charge in [0.2, 0.25) is 10.0 Å². The van der Waals surface area contributed by atoms with Crippen LogP contribution < -0.4 is 9.88 Å². The van der Waals surface area contributed by atoms with Crippen LogP contribution in [-0.4, -0.2) is 8.42 Å². The van der Waals surface area contributed by atoms with Crippen LogP contribution in [0.3, 0.4) is 0 Å². The van der Waals surface area contributed by atoms with E-state index in [4.69, 9.17) is 9.88 Å². The molecule has 0 unspecified atom stereocenters. The Morgan fingerprint density at radius 1 is 1.00 bits per heavy atom. The zero-order chi connectivity index (χ0) is 14.9. The molecule has 0 aliphatic rings. The maximum Gasteiger partial charge on any atom is 0.238 e. The van der Waals surface area contributed by atoms with Crippen LogP contribution >= 0.6 is 0 Å². The number of hydrogen-bond donors (Lipinski definition) is 1. The highest BCUT2D eigenvalue weighted by Crippen LogP contribution is 2.26. The van der Waals surface area contributed by atoms with E-state index in [2.05, 4.69) is 0 Å². The molecule has 0 saturated carbocycles. The van der Waals surface area contributed by atoms with Gasteiger partial charge in [-0.15, -0.1) is 0 Å². The Bertz CT molecular complexity index is 760. The first kappa shape index (κ1) is 14.4. The van der Waals surface area contributed by atoms with Crippen molar-refractivity contribution in [2.75, 3.05) is 0 Å². The maximum absolute atomic E-state index is 13.0. The Labute approximate surface area is 114 Å². The molecule has 0 spiro atoms. The highest BCUT2D eigenvalue weighted by Gasteiger charge is 2.12. The van der Waals surface area contributed by atoms with E-state index >= 15 is 0 Å². The first-order chi connectivity index (χ1) is 9.27. The minimum atomic E-state index is -3.80. The van der Waals surface area contributed by atoms with Crippen LogP contribution in [0.2, 0.25) is 0 Å². The van der Waals surface area contributed by atoms with Gasteiger partial charge in [-0.2, -0.15) is 0 Å².